The fourth-order valence-electron chi connectivity index (χ4n) is 1.25. The highest BCUT2D eigenvalue weighted by Gasteiger charge is 2.04. The van der Waals surface area contributed by atoms with Gasteiger partial charge in [0.05, 0.1) is 0 Å². The molecule has 0 saturated carbocycles. The van der Waals surface area contributed by atoms with Gasteiger partial charge in [-0.3, -0.25) is 4.79 Å². The standard InChI is InChI=1S/C11H17ClN4O/c1-8(2)13-5-3-4-11(17)16-10-6-9(12)14-7-15-10/h6-8,13H,3-5H2,1-2H3,(H,14,15,16,17). The lowest BCUT2D eigenvalue weighted by Gasteiger charge is -2.07. The maximum atomic E-state index is 11.5. The van der Waals surface area contributed by atoms with Gasteiger partial charge in [0.1, 0.15) is 17.3 Å². The second-order valence-corrected chi connectivity index (χ2v) is 4.37. The zero-order valence-electron chi connectivity index (χ0n) is 10.0. The van der Waals surface area contributed by atoms with E-state index in [0.717, 1.165) is 13.0 Å². The van der Waals surface area contributed by atoms with Crippen LogP contribution in [0, 0.1) is 0 Å². The first-order valence-electron chi connectivity index (χ1n) is 5.58. The summed E-state index contributed by atoms with van der Waals surface area (Å²) in [5, 5.41) is 6.23. The first-order valence-corrected chi connectivity index (χ1v) is 5.96. The molecule has 2 N–H and O–H groups in total. The zero-order chi connectivity index (χ0) is 12.7. The molecule has 1 aromatic heterocycles. The van der Waals surface area contributed by atoms with Crippen molar-refractivity contribution in [2.75, 3.05) is 11.9 Å². The minimum atomic E-state index is -0.0645. The lowest BCUT2D eigenvalue weighted by atomic mass is 10.2. The lowest BCUT2D eigenvalue weighted by molar-refractivity contribution is -0.116. The maximum Gasteiger partial charge on any atom is 0.225 e. The second-order valence-electron chi connectivity index (χ2n) is 3.99. The first kappa shape index (κ1) is 13.9. The van der Waals surface area contributed by atoms with Crippen LogP contribution in [0.4, 0.5) is 5.82 Å². The Balaban J connectivity index is 2.25. The molecule has 0 aliphatic carbocycles. The van der Waals surface area contributed by atoms with Gasteiger partial charge in [-0.1, -0.05) is 25.4 Å². The van der Waals surface area contributed by atoms with Crippen LogP contribution in [0.3, 0.4) is 0 Å². The summed E-state index contributed by atoms with van der Waals surface area (Å²) < 4.78 is 0. The molecule has 0 bridgehead atoms. The molecule has 0 spiro atoms. The summed E-state index contributed by atoms with van der Waals surface area (Å²) in [6.07, 6.45) is 2.57. The molecular formula is C11H17ClN4O. The molecule has 0 saturated heterocycles. The van der Waals surface area contributed by atoms with Crippen LogP contribution in [0.1, 0.15) is 26.7 Å². The van der Waals surface area contributed by atoms with Gasteiger partial charge in [-0.25, -0.2) is 9.97 Å². The van der Waals surface area contributed by atoms with Crippen molar-refractivity contribution in [1.29, 1.82) is 0 Å². The Bertz CT molecular complexity index is 370. The van der Waals surface area contributed by atoms with Gasteiger partial charge in [0.2, 0.25) is 5.91 Å². The summed E-state index contributed by atoms with van der Waals surface area (Å²) in [7, 11) is 0. The van der Waals surface area contributed by atoms with Gasteiger partial charge < -0.3 is 10.6 Å². The molecule has 94 valence electrons. The fraction of sp³-hybridized carbons (Fsp3) is 0.545. The number of nitrogens with zero attached hydrogens (tertiary/aromatic N) is 2. The van der Waals surface area contributed by atoms with E-state index in [-0.39, 0.29) is 5.91 Å². The quantitative estimate of drug-likeness (QED) is 0.602. The summed E-state index contributed by atoms with van der Waals surface area (Å²) >= 11 is 5.68. The maximum absolute atomic E-state index is 11.5. The third kappa shape index (κ3) is 6.19. The first-order chi connectivity index (χ1) is 8.08. The fourth-order valence-corrected chi connectivity index (χ4v) is 1.39. The smallest absolute Gasteiger partial charge is 0.225 e. The average Bonchev–Trinajstić information content (AvgIpc) is 2.24. The third-order valence-electron chi connectivity index (χ3n) is 2.03. The van der Waals surface area contributed by atoms with Crippen molar-refractivity contribution in [3.8, 4) is 0 Å². The van der Waals surface area contributed by atoms with Crippen LogP contribution in [-0.2, 0) is 4.79 Å². The minimum Gasteiger partial charge on any atom is -0.315 e. The molecule has 1 rings (SSSR count). The molecule has 0 radical (unpaired) electrons. The Morgan fingerprint density at radius 2 is 2.24 bits per heavy atom. The molecule has 0 aliphatic rings. The van der Waals surface area contributed by atoms with Crippen LogP contribution in [-0.4, -0.2) is 28.5 Å². The van der Waals surface area contributed by atoms with Gasteiger partial charge in [0.25, 0.3) is 0 Å². The predicted octanol–water partition coefficient (Wildman–Crippen LogP) is 1.85. The van der Waals surface area contributed by atoms with Crippen LogP contribution in [0.25, 0.3) is 0 Å². The molecule has 5 nitrogen and oxygen atoms in total. The molecule has 17 heavy (non-hydrogen) atoms. The predicted molar refractivity (Wildman–Crippen MR) is 68.0 cm³/mol. The van der Waals surface area contributed by atoms with Crippen molar-refractivity contribution in [2.45, 2.75) is 32.7 Å². The Morgan fingerprint density at radius 1 is 1.47 bits per heavy atom. The van der Waals surface area contributed by atoms with Crippen LogP contribution in [0.2, 0.25) is 5.15 Å². The Kier molecular flexibility index (Phi) is 5.86. The highest BCUT2D eigenvalue weighted by atomic mass is 35.5. The zero-order valence-corrected chi connectivity index (χ0v) is 10.8. The van der Waals surface area contributed by atoms with Crippen molar-refractivity contribution in [3.63, 3.8) is 0 Å². The van der Waals surface area contributed by atoms with Gasteiger partial charge in [-0.2, -0.15) is 0 Å². The van der Waals surface area contributed by atoms with Crippen molar-refractivity contribution < 1.29 is 4.79 Å². The van der Waals surface area contributed by atoms with E-state index in [1.165, 1.54) is 12.4 Å². The van der Waals surface area contributed by atoms with Crippen molar-refractivity contribution in [3.05, 3.63) is 17.5 Å². The number of amides is 1. The van der Waals surface area contributed by atoms with E-state index in [1.54, 1.807) is 0 Å². The van der Waals surface area contributed by atoms with E-state index >= 15 is 0 Å². The summed E-state index contributed by atoms with van der Waals surface area (Å²) in [5.41, 5.74) is 0. The van der Waals surface area contributed by atoms with Crippen molar-refractivity contribution in [1.82, 2.24) is 15.3 Å². The lowest BCUT2D eigenvalue weighted by Crippen LogP contribution is -2.24. The van der Waals surface area contributed by atoms with E-state index in [9.17, 15) is 4.79 Å². The molecule has 1 aromatic rings. The number of rotatable bonds is 6. The Labute approximate surface area is 106 Å². The third-order valence-corrected chi connectivity index (χ3v) is 2.24. The second kappa shape index (κ2) is 7.19. The molecule has 1 heterocycles. The van der Waals surface area contributed by atoms with Gasteiger partial charge in [-0.05, 0) is 13.0 Å². The average molecular weight is 257 g/mol. The Morgan fingerprint density at radius 3 is 2.88 bits per heavy atom. The number of hydrogen-bond acceptors (Lipinski definition) is 4. The van der Waals surface area contributed by atoms with Crippen LogP contribution in [0.5, 0.6) is 0 Å². The van der Waals surface area contributed by atoms with Crippen molar-refractivity contribution in [2.24, 2.45) is 0 Å². The minimum absolute atomic E-state index is 0.0645. The summed E-state index contributed by atoms with van der Waals surface area (Å²) in [5.74, 6) is 0.372. The van der Waals surface area contributed by atoms with Crippen LogP contribution >= 0.6 is 11.6 Å². The SMILES string of the molecule is CC(C)NCCCC(=O)Nc1cc(Cl)ncn1. The molecule has 6 heteroatoms. The van der Waals surface area contributed by atoms with Gasteiger partial charge >= 0.3 is 0 Å². The summed E-state index contributed by atoms with van der Waals surface area (Å²) in [4.78, 5) is 19.2. The molecule has 0 aliphatic heterocycles. The highest BCUT2D eigenvalue weighted by molar-refractivity contribution is 6.29. The molecule has 0 fully saturated rings. The molecular weight excluding hydrogens is 240 g/mol. The van der Waals surface area contributed by atoms with Gasteiger partial charge in [0.15, 0.2) is 0 Å². The van der Waals surface area contributed by atoms with Crippen LogP contribution in [0.15, 0.2) is 12.4 Å². The number of carbonyl (C=O) groups excluding carboxylic acids is 1. The van der Waals surface area contributed by atoms with Crippen molar-refractivity contribution >= 4 is 23.3 Å². The van der Waals surface area contributed by atoms with E-state index in [1.807, 2.05) is 0 Å². The summed E-state index contributed by atoms with van der Waals surface area (Å²) in [6, 6.07) is 1.96. The normalized spacial score (nSPS) is 10.6. The van der Waals surface area contributed by atoms with E-state index in [4.69, 9.17) is 11.6 Å². The number of aromatic nitrogens is 2. The molecule has 0 unspecified atom stereocenters. The Hall–Kier alpha value is -1.20. The van der Waals surface area contributed by atoms with Gasteiger partial charge in [0, 0.05) is 18.5 Å². The molecule has 0 aromatic carbocycles. The number of carbonyl (C=O) groups is 1. The number of anilines is 1. The van der Waals surface area contributed by atoms with E-state index in [0.29, 0.717) is 23.4 Å². The number of nitrogens with one attached hydrogen (secondary N) is 2. The largest absolute Gasteiger partial charge is 0.315 e. The van der Waals surface area contributed by atoms with Gasteiger partial charge in [-0.15, -0.1) is 0 Å². The highest BCUT2D eigenvalue weighted by Crippen LogP contribution is 2.08. The van der Waals surface area contributed by atoms with E-state index in [2.05, 4.69) is 34.4 Å². The van der Waals surface area contributed by atoms with E-state index < -0.39 is 0 Å². The number of halogens is 1. The topological polar surface area (TPSA) is 66.9 Å². The number of hydrogen-bond donors (Lipinski definition) is 2. The monoisotopic (exact) mass is 256 g/mol. The van der Waals surface area contributed by atoms with Crippen LogP contribution < -0.4 is 10.6 Å². The summed E-state index contributed by atoms with van der Waals surface area (Å²) in [6.45, 7) is 4.97. The molecule has 0 atom stereocenters. The molecule has 1 amide bonds.